The molecule has 1 nitrogen and oxygen atoms in total. The van der Waals surface area contributed by atoms with E-state index < -0.39 is 0 Å². The van der Waals surface area contributed by atoms with Crippen LogP contribution in [-0.4, -0.2) is 0 Å². The summed E-state index contributed by atoms with van der Waals surface area (Å²) < 4.78 is 0. The molecule has 3 rings (SSSR count). The second kappa shape index (κ2) is 3.63. The van der Waals surface area contributed by atoms with Crippen molar-refractivity contribution in [1.29, 1.82) is 0 Å². The van der Waals surface area contributed by atoms with E-state index in [0.717, 1.165) is 6.54 Å². The van der Waals surface area contributed by atoms with Crippen LogP contribution in [0.3, 0.4) is 0 Å². The van der Waals surface area contributed by atoms with Crippen molar-refractivity contribution < 1.29 is 0 Å². The van der Waals surface area contributed by atoms with Gasteiger partial charge in [0.05, 0.1) is 0 Å². The molecule has 0 saturated carbocycles. The van der Waals surface area contributed by atoms with Gasteiger partial charge in [0, 0.05) is 22.0 Å². The molecule has 0 fully saturated rings. The van der Waals surface area contributed by atoms with Crippen LogP contribution in [0.25, 0.3) is 0 Å². The molecule has 15 heavy (non-hydrogen) atoms. The van der Waals surface area contributed by atoms with Crippen LogP contribution in [0.4, 0.5) is 5.69 Å². The van der Waals surface area contributed by atoms with Crippen molar-refractivity contribution in [2.75, 3.05) is 5.32 Å². The lowest BCUT2D eigenvalue weighted by atomic mass is 10.2. The molecule has 0 aromatic heterocycles. The van der Waals surface area contributed by atoms with E-state index in [1.807, 2.05) is 11.8 Å². The predicted octanol–water partition coefficient (Wildman–Crippen LogP) is 3.76. The van der Waals surface area contributed by atoms with Gasteiger partial charge in [-0.2, -0.15) is 0 Å². The Morgan fingerprint density at radius 2 is 1.60 bits per heavy atom. The minimum atomic E-state index is 0.917. The summed E-state index contributed by atoms with van der Waals surface area (Å²) in [7, 11) is 0. The zero-order chi connectivity index (χ0) is 10.1. The van der Waals surface area contributed by atoms with Crippen molar-refractivity contribution in [2.45, 2.75) is 16.3 Å². The third-order valence-corrected chi connectivity index (χ3v) is 3.74. The summed E-state index contributed by atoms with van der Waals surface area (Å²) in [5.41, 5.74) is 2.61. The molecule has 1 aliphatic heterocycles. The first kappa shape index (κ1) is 8.86. The van der Waals surface area contributed by atoms with Crippen LogP contribution >= 0.6 is 11.8 Å². The van der Waals surface area contributed by atoms with Crippen molar-refractivity contribution in [1.82, 2.24) is 0 Å². The summed E-state index contributed by atoms with van der Waals surface area (Å²) in [5, 5.41) is 3.46. The number of benzene rings is 2. The summed E-state index contributed by atoms with van der Waals surface area (Å²) in [6.45, 7) is 0.917. The molecule has 2 aromatic carbocycles. The Hall–Kier alpha value is -1.41. The fourth-order valence-corrected chi connectivity index (χ4v) is 2.81. The van der Waals surface area contributed by atoms with Gasteiger partial charge in [0.1, 0.15) is 0 Å². The first-order chi connectivity index (χ1) is 7.43. The van der Waals surface area contributed by atoms with Gasteiger partial charge >= 0.3 is 0 Å². The molecular weight excluding hydrogens is 202 g/mol. The molecule has 2 heteroatoms. The average molecular weight is 213 g/mol. The van der Waals surface area contributed by atoms with E-state index in [2.05, 4.69) is 53.8 Å². The summed E-state index contributed by atoms with van der Waals surface area (Å²) in [5.74, 6) is 0. The number of para-hydroxylation sites is 1. The molecule has 2 aromatic rings. The van der Waals surface area contributed by atoms with Crippen molar-refractivity contribution in [3.63, 3.8) is 0 Å². The highest BCUT2D eigenvalue weighted by atomic mass is 32.2. The maximum absolute atomic E-state index is 3.46. The molecule has 0 bridgehead atoms. The van der Waals surface area contributed by atoms with Crippen molar-refractivity contribution >= 4 is 17.4 Å². The zero-order valence-electron chi connectivity index (χ0n) is 8.23. The highest BCUT2D eigenvalue weighted by Crippen LogP contribution is 2.38. The van der Waals surface area contributed by atoms with E-state index in [0.29, 0.717) is 0 Å². The number of hydrogen-bond acceptors (Lipinski definition) is 2. The van der Waals surface area contributed by atoms with E-state index in [4.69, 9.17) is 0 Å². The zero-order valence-corrected chi connectivity index (χ0v) is 9.05. The smallest absolute Gasteiger partial charge is 0.0484 e. The van der Waals surface area contributed by atoms with E-state index in [-0.39, 0.29) is 0 Å². The molecule has 0 unspecified atom stereocenters. The second-order valence-electron chi connectivity index (χ2n) is 3.56. The molecular formula is C13H11NS. The topological polar surface area (TPSA) is 12.0 Å². The van der Waals surface area contributed by atoms with Gasteiger partial charge in [-0.25, -0.2) is 0 Å². The molecule has 1 aliphatic rings. The minimum absolute atomic E-state index is 0.917. The lowest BCUT2D eigenvalue weighted by molar-refractivity contribution is 1.10. The SMILES string of the molecule is c1ccc2c(c1)CNc1ccccc1S2. The number of hydrogen-bond donors (Lipinski definition) is 1. The van der Waals surface area contributed by atoms with Gasteiger partial charge in [0.15, 0.2) is 0 Å². The Kier molecular flexibility index (Phi) is 2.14. The third-order valence-electron chi connectivity index (χ3n) is 2.55. The van der Waals surface area contributed by atoms with Crippen molar-refractivity contribution in [2.24, 2.45) is 0 Å². The van der Waals surface area contributed by atoms with Crippen LogP contribution in [0.2, 0.25) is 0 Å². The van der Waals surface area contributed by atoms with Gasteiger partial charge in [0.2, 0.25) is 0 Å². The van der Waals surface area contributed by atoms with Gasteiger partial charge in [-0.1, -0.05) is 42.1 Å². The monoisotopic (exact) mass is 213 g/mol. The largest absolute Gasteiger partial charge is 0.380 e. The van der Waals surface area contributed by atoms with Crippen LogP contribution < -0.4 is 5.32 Å². The molecule has 1 heterocycles. The van der Waals surface area contributed by atoms with Gasteiger partial charge in [-0.05, 0) is 23.8 Å². The quantitative estimate of drug-likeness (QED) is 0.715. The van der Waals surface area contributed by atoms with E-state index >= 15 is 0 Å². The van der Waals surface area contributed by atoms with Gasteiger partial charge < -0.3 is 5.32 Å². The van der Waals surface area contributed by atoms with Crippen LogP contribution in [0.15, 0.2) is 58.3 Å². The lowest BCUT2D eigenvalue weighted by Gasteiger charge is -2.04. The Morgan fingerprint density at radius 3 is 2.53 bits per heavy atom. The Morgan fingerprint density at radius 1 is 0.867 bits per heavy atom. The van der Waals surface area contributed by atoms with Gasteiger partial charge in [0.25, 0.3) is 0 Å². The summed E-state index contributed by atoms with van der Waals surface area (Å²) in [4.78, 5) is 2.66. The van der Waals surface area contributed by atoms with E-state index in [9.17, 15) is 0 Å². The van der Waals surface area contributed by atoms with Crippen molar-refractivity contribution in [3.05, 3.63) is 54.1 Å². The maximum atomic E-state index is 3.46. The maximum Gasteiger partial charge on any atom is 0.0484 e. The summed E-state index contributed by atoms with van der Waals surface area (Å²) in [6, 6.07) is 17.0. The molecule has 1 N–H and O–H groups in total. The Balaban J connectivity index is 2.10. The molecule has 74 valence electrons. The lowest BCUT2D eigenvalue weighted by Crippen LogP contribution is -1.97. The molecule has 0 aliphatic carbocycles. The van der Waals surface area contributed by atoms with Crippen LogP contribution in [0, 0.1) is 0 Å². The van der Waals surface area contributed by atoms with Crippen molar-refractivity contribution in [3.8, 4) is 0 Å². The molecule has 0 spiro atoms. The Bertz CT molecular complexity index is 448. The summed E-state index contributed by atoms with van der Waals surface area (Å²) in [6.07, 6.45) is 0. The first-order valence-corrected chi connectivity index (χ1v) is 5.84. The average Bonchev–Trinajstić information content (AvgIpc) is 2.48. The molecule has 0 atom stereocenters. The fraction of sp³-hybridized carbons (Fsp3) is 0.0769. The first-order valence-electron chi connectivity index (χ1n) is 5.02. The van der Waals surface area contributed by atoms with E-state index in [1.54, 1.807) is 0 Å². The highest BCUT2D eigenvalue weighted by molar-refractivity contribution is 7.99. The van der Waals surface area contributed by atoms with Gasteiger partial charge in [-0.3, -0.25) is 0 Å². The number of anilines is 1. The molecule has 0 amide bonds. The standard InChI is InChI=1S/C13H11NS/c1-3-7-12-10(5-1)9-14-11-6-2-4-8-13(11)15-12/h1-8,14H,9H2. The van der Waals surface area contributed by atoms with E-state index in [1.165, 1.54) is 21.0 Å². The summed E-state index contributed by atoms with van der Waals surface area (Å²) >= 11 is 1.84. The fourth-order valence-electron chi connectivity index (χ4n) is 1.76. The number of nitrogens with one attached hydrogen (secondary N) is 1. The predicted molar refractivity (Wildman–Crippen MR) is 64.3 cm³/mol. The minimum Gasteiger partial charge on any atom is -0.380 e. The van der Waals surface area contributed by atoms with Crippen LogP contribution in [0.1, 0.15) is 5.56 Å². The second-order valence-corrected chi connectivity index (χ2v) is 4.64. The van der Waals surface area contributed by atoms with Crippen LogP contribution in [-0.2, 0) is 6.54 Å². The molecule has 0 radical (unpaired) electrons. The van der Waals surface area contributed by atoms with Crippen LogP contribution in [0.5, 0.6) is 0 Å². The molecule has 0 saturated heterocycles. The number of fused-ring (bicyclic) bond motifs is 2. The third kappa shape index (κ3) is 1.61. The normalized spacial score (nSPS) is 13.3. The van der Waals surface area contributed by atoms with Gasteiger partial charge in [-0.15, -0.1) is 0 Å². The highest BCUT2D eigenvalue weighted by Gasteiger charge is 2.11. The Labute approximate surface area is 93.5 Å². The number of rotatable bonds is 0.